The molecule has 28 heavy (non-hydrogen) atoms. The number of fused-ring (bicyclic) bond motifs is 1. The van der Waals surface area contributed by atoms with Crippen LogP contribution in [0.1, 0.15) is 48.5 Å². The highest BCUT2D eigenvalue weighted by atomic mass is 19.1. The molecule has 2 heterocycles. The summed E-state index contributed by atoms with van der Waals surface area (Å²) in [5.74, 6) is -0.0491. The Morgan fingerprint density at radius 3 is 2.54 bits per heavy atom. The Labute approximate surface area is 164 Å². The smallest absolute Gasteiger partial charge is 0.255 e. The van der Waals surface area contributed by atoms with Crippen molar-refractivity contribution in [2.45, 2.75) is 38.6 Å². The van der Waals surface area contributed by atoms with Gasteiger partial charge in [-0.05, 0) is 93.7 Å². The molecule has 0 bridgehead atoms. The maximum Gasteiger partial charge on any atom is 0.255 e. The largest absolute Gasteiger partial charge is 0.361 e. The third kappa shape index (κ3) is 3.80. The van der Waals surface area contributed by atoms with E-state index in [1.54, 1.807) is 0 Å². The molecule has 0 radical (unpaired) electrons. The number of hydrogen-bond acceptors (Lipinski definition) is 2. The fraction of sp³-hybridized carbons (Fsp3) is 0.348. The number of carbonyl (C=O) groups is 1. The van der Waals surface area contributed by atoms with Crippen molar-refractivity contribution in [3.63, 3.8) is 0 Å². The van der Waals surface area contributed by atoms with E-state index in [9.17, 15) is 9.18 Å². The van der Waals surface area contributed by atoms with Crippen LogP contribution < -0.4 is 5.32 Å². The molecular weight excluding hydrogens is 353 g/mol. The Morgan fingerprint density at radius 2 is 1.86 bits per heavy atom. The number of likely N-dealkylation sites (tertiary alicyclic amines) is 1. The van der Waals surface area contributed by atoms with E-state index in [-0.39, 0.29) is 11.7 Å². The lowest BCUT2D eigenvalue weighted by Crippen LogP contribution is -2.37. The second-order valence-electron chi connectivity index (χ2n) is 7.87. The first-order chi connectivity index (χ1) is 13.5. The molecule has 0 atom stereocenters. The fourth-order valence-electron chi connectivity index (χ4n) is 4.09. The molecule has 0 saturated carbocycles. The third-order valence-electron chi connectivity index (χ3n) is 5.78. The van der Waals surface area contributed by atoms with Crippen LogP contribution in [0.3, 0.4) is 0 Å². The highest BCUT2D eigenvalue weighted by Crippen LogP contribution is 2.34. The first kappa shape index (κ1) is 18.7. The zero-order valence-electron chi connectivity index (χ0n) is 16.3. The number of halogens is 1. The second kappa shape index (κ2) is 7.76. The first-order valence-corrected chi connectivity index (χ1v) is 9.93. The number of rotatable bonds is 4. The van der Waals surface area contributed by atoms with E-state index in [1.807, 2.05) is 18.2 Å². The molecule has 2 N–H and O–H groups in total. The van der Waals surface area contributed by atoms with Crippen molar-refractivity contribution in [1.29, 1.82) is 0 Å². The van der Waals surface area contributed by atoms with Gasteiger partial charge in [-0.15, -0.1) is 0 Å². The van der Waals surface area contributed by atoms with Gasteiger partial charge in [0.2, 0.25) is 0 Å². The number of anilines is 1. The van der Waals surface area contributed by atoms with Crippen LogP contribution >= 0.6 is 0 Å². The van der Waals surface area contributed by atoms with Crippen molar-refractivity contribution >= 4 is 22.5 Å². The first-order valence-electron chi connectivity index (χ1n) is 9.93. The fourth-order valence-corrected chi connectivity index (χ4v) is 4.09. The van der Waals surface area contributed by atoms with Gasteiger partial charge in [0, 0.05) is 34.4 Å². The molecule has 1 fully saturated rings. The molecule has 146 valence electrons. The zero-order chi connectivity index (χ0) is 19.7. The lowest BCUT2D eigenvalue weighted by Gasteiger charge is -2.34. The summed E-state index contributed by atoms with van der Waals surface area (Å²) in [5.41, 5.74) is 3.61. The number of piperidine rings is 1. The van der Waals surface area contributed by atoms with Gasteiger partial charge in [0.25, 0.3) is 5.91 Å². The van der Waals surface area contributed by atoms with E-state index in [4.69, 9.17) is 0 Å². The molecule has 4 rings (SSSR count). The van der Waals surface area contributed by atoms with Crippen LogP contribution in [0.2, 0.25) is 0 Å². The summed E-state index contributed by atoms with van der Waals surface area (Å²) in [5, 5.41) is 4.09. The quantitative estimate of drug-likeness (QED) is 0.659. The van der Waals surface area contributed by atoms with Crippen LogP contribution in [0.15, 0.2) is 48.7 Å². The molecule has 0 unspecified atom stereocenters. The van der Waals surface area contributed by atoms with Gasteiger partial charge in [0.1, 0.15) is 5.82 Å². The van der Waals surface area contributed by atoms with E-state index < -0.39 is 0 Å². The Bertz CT molecular complexity index is 969. The van der Waals surface area contributed by atoms with Gasteiger partial charge in [0.15, 0.2) is 0 Å². The highest BCUT2D eigenvalue weighted by molar-refractivity contribution is 6.05. The Kier molecular flexibility index (Phi) is 5.18. The molecule has 4 nitrogen and oxygen atoms in total. The summed E-state index contributed by atoms with van der Waals surface area (Å²) >= 11 is 0. The number of aromatic nitrogens is 1. The van der Waals surface area contributed by atoms with Gasteiger partial charge < -0.3 is 15.2 Å². The van der Waals surface area contributed by atoms with Gasteiger partial charge in [-0.25, -0.2) is 4.39 Å². The third-order valence-corrected chi connectivity index (χ3v) is 5.78. The minimum atomic E-state index is -0.349. The molecule has 1 aliphatic rings. The van der Waals surface area contributed by atoms with E-state index in [0.717, 1.165) is 37.1 Å². The monoisotopic (exact) mass is 379 g/mol. The normalized spacial score (nSPS) is 16.0. The second-order valence-corrected chi connectivity index (χ2v) is 7.87. The number of nitrogens with zero attached hydrogens (tertiary/aromatic N) is 1. The number of aromatic amines is 1. The van der Waals surface area contributed by atoms with Crippen molar-refractivity contribution in [3.8, 4) is 0 Å². The predicted molar refractivity (Wildman–Crippen MR) is 111 cm³/mol. The Hall–Kier alpha value is -2.66. The summed E-state index contributed by atoms with van der Waals surface area (Å²) in [6.07, 6.45) is 4.42. The van der Waals surface area contributed by atoms with Crippen LogP contribution in [-0.2, 0) is 0 Å². The molecule has 5 heteroatoms. The minimum absolute atomic E-state index is 0.235. The van der Waals surface area contributed by atoms with Gasteiger partial charge in [-0.1, -0.05) is 0 Å². The topological polar surface area (TPSA) is 48.1 Å². The lowest BCUT2D eigenvalue weighted by molar-refractivity contribution is 0.102. The molecule has 0 spiro atoms. The molecule has 0 aliphatic carbocycles. The van der Waals surface area contributed by atoms with Gasteiger partial charge in [0.05, 0.1) is 0 Å². The molecule has 3 aromatic rings. The molecule has 1 saturated heterocycles. The van der Waals surface area contributed by atoms with Gasteiger partial charge in [-0.2, -0.15) is 0 Å². The summed E-state index contributed by atoms with van der Waals surface area (Å²) in [7, 11) is 0. The number of nitrogens with one attached hydrogen (secondary N) is 2. The Balaban J connectivity index is 1.53. The van der Waals surface area contributed by atoms with Crippen LogP contribution in [0.25, 0.3) is 10.9 Å². The predicted octanol–water partition coefficient (Wildman–Crippen LogP) is 5.15. The summed E-state index contributed by atoms with van der Waals surface area (Å²) < 4.78 is 13.1. The summed E-state index contributed by atoms with van der Waals surface area (Å²) in [4.78, 5) is 18.3. The SMILES string of the molecule is CC(C)N1CCC(c2c[nH]c3ccc(NC(=O)c4ccc(F)cc4)cc23)CC1. The lowest BCUT2D eigenvalue weighted by atomic mass is 9.88. The minimum Gasteiger partial charge on any atom is -0.361 e. The van der Waals surface area contributed by atoms with Crippen LogP contribution in [0, 0.1) is 5.82 Å². The molecule has 1 aliphatic heterocycles. The van der Waals surface area contributed by atoms with Crippen molar-refractivity contribution in [2.24, 2.45) is 0 Å². The van der Waals surface area contributed by atoms with Crippen LogP contribution in [0.4, 0.5) is 10.1 Å². The highest BCUT2D eigenvalue weighted by Gasteiger charge is 2.24. The number of carbonyl (C=O) groups excluding carboxylic acids is 1. The average molecular weight is 379 g/mol. The van der Waals surface area contributed by atoms with Gasteiger partial charge >= 0.3 is 0 Å². The average Bonchev–Trinajstić information content (AvgIpc) is 3.11. The molecule has 1 aromatic heterocycles. The maximum atomic E-state index is 13.1. The van der Waals surface area contributed by atoms with Crippen molar-refractivity contribution in [2.75, 3.05) is 18.4 Å². The van der Waals surface area contributed by atoms with E-state index >= 15 is 0 Å². The summed E-state index contributed by atoms with van der Waals surface area (Å²) in [6.45, 7) is 6.75. The standard InChI is InChI=1S/C23H26FN3O/c1-15(2)27-11-9-16(10-12-27)21-14-25-22-8-7-19(13-20(21)22)26-23(28)17-3-5-18(24)6-4-17/h3-8,13-16,25H,9-12H2,1-2H3,(H,26,28). The van der Waals surface area contributed by atoms with Crippen molar-refractivity contribution in [3.05, 3.63) is 65.6 Å². The maximum absolute atomic E-state index is 13.1. The van der Waals surface area contributed by atoms with Crippen molar-refractivity contribution in [1.82, 2.24) is 9.88 Å². The number of amides is 1. The number of benzene rings is 2. The molecule has 2 aromatic carbocycles. The molecule has 1 amide bonds. The zero-order valence-corrected chi connectivity index (χ0v) is 16.3. The Morgan fingerprint density at radius 1 is 1.14 bits per heavy atom. The van der Waals surface area contributed by atoms with Gasteiger partial charge in [-0.3, -0.25) is 4.79 Å². The van der Waals surface area contributed by atoms with E-state index in [1.165, 1.54) is 35.2 Å². The number of H-pyrrole nitrogens is 1. The van der Waals surface area contributed by atoms with E-state index in [0.29, 0.717) is 17.5 Å². The van der Waals surface area contributed by atoms with Crippen molar-refractivity contribution < 1.29 is 9.18 Å². The van der Waals surface area contributed by atoms with Crippen LogP contribution in [-0.4, -0.2) is 34.9 Å². The van der Waals surface area contributed by atoms with Crippen LogP contribution in [0.5, 0.6) is 0 Å². The summed E-state index contributed by atoms with van der Waals surface area (Å²) in [6, 6.07) is 12.1. The van der Waals surface area contributed by atoms with E-state index in [2.05, 4.69) is 35.2 Å². The number of hydrogen-bond donors (Lipinski definition) is 2. The molecular formula is C23H26FN3O.